The van der Waals surface area contributed by atoms with Gasteiger partial charge in [0.15, 0.2) is 11.5 Å². The van der Waals surface area contributed by atoms with Crippen molar-refractivity contribution in [3.05, 3.63) is 18.1 Å². The van der Waals surface area contributed by atoms with Crippen LogP contribution in [-0.4, -0.2) is 30.2 Å². The second kappa shape index (κ2) is 6.16. The Morgan fingerprint density at radius 3 is 2.76 bits per heavy atom. The number of hydrogen-bond acceptors (Lipinski definition) is 5. The van der Waals surface area contributed by atoms with Crippen LogP contribution in [0, 0.1) is 16.7 Å². The van der Waals surface area contributed by atoms with Gasteiger partial charge in [0, 0.05) is 32.7 Å². The van der Waals surface area contributed by atoms with Gasteiger partial charge in [-0.05, 0) is 11.8 Å². The summed E-state index contributed by atoms with van der Waals surface area (Å²) in [7, 11) is 1.69. The molecule has 17 heavy (non-hydrogen) atoms. The summed E-state index contributed by atoms with van der Waals surface area (Å²) in [6, 6.07) is 2.01. The summed E-state index contributed by atoms with van der Waals surface area (Å²) in [5.74, 6) is 0.542. The highest BCUT2D eigenvalue weighted by Crippen LogP contribution is 2.21. The molecule has 0 saturated carbocycles. The Kier molecular flexibility index (Phi) is 4.85. The Hall–Kier alpha value is -1.67. The van der Waals surface area contributed by atoms with Crippen molar-refractivity contribution in [3.8, 4) is 6.07 Å². The summed E-state index contributed by atoms with van der Waals surface area (Å²) in [5, 5.41) is 12.0. The van der Waals surface area contributed by atoms with Gasteiger partial charge in [-0.3, -0.25) is 0 Å². The Labute approximate surface area is 102 Å². The summed E-state index contributed by atoms with van der Waals surface area (Å²) >= 11 is 0. The maximum atomic E-state index is 8.88. The van der Waals surface area contributed by atoms with Gasteiger partial charge in [0.25, 0.3) is 0 Å². The van der Waals surface area contributed by atoms with E-state index in [1.165, 1.54) is 6.20 Å². The standard InChI is InChI=1S/C12H18N4O/c1-12(2,4-7-17-3)9-16-11-10(8-13)14-5-6-15-11/h5-6H,4,7,9H2,1-3H3,(H,15,16). The molecule has 0 aliphatic rings. The third-order valence-electron chi connectivity index (χ3n) is 2.52. The molecule has 1 rings (SSSR count). The quantitative estimate of drug-likeness (QED) is 0.813. The first-order valence-electron chi connectivity index (χ1n) is 5.53. The number of hydrogen-bond donors (Lipinski definition) is 1. The summed E-state index contributed by atoms with van der Waals surface area (Å²) in [4.78, 5) is 8.05. The minimum absolute atomic E-state index is 0.0836. The van der Waals surface area contributed by atoms with Crippen LogP contribution in [0.25, 0.3) is 0 Å². The molecule has 1 heterocycles. The molecule has 0 fully saturated rings. The van der Waals surface area contributed by atoms with Crippen molar-refractivity contribution < 1.29 is 4.74 Å². The highest BCUT2D eigenvalue weighted by molar-refractivity contribution is 5.46. The molecule has 1 aromatic heterocycles. The van der Waals surface area contributed by atoms with E-state index in [4.69, 9.17) is 10.00 Å². The van der Waals surface area contributed by atoms with Crippen molar-refractivity contribution >= 4 is 5.82 Å². The van der Waals surface area contributed by atoms with Gasteiger partial charge in [-0.25, -0.2) is 9.97 Å². The molecule has 0 aliphatic heterocycles. The molecule has 5 heteroatoms. The van der Waals surface area contributed by atoms with Crippen LogP contribution in [0.15, 0.2) is 12.4 Å². The predicted molar refractivity (Wildman–Crippen MR) is 65.5 cm³/mol. The van der Waals surface area contributed by atoms with Crippen molar-refractivity contribution in [2.24, 2.45) is 5.41 Å². The van der Waals surface area contributed by atoms with Crippen LogP contribution in [0.5, 0.6) is 0 Å². The van der Waals surface area contributed by atoms with E-state index < -0.39 is 0 Å². The first kappa shape index (κ1) is 13.4. The van der Waals surface area contributed by atoms with Gasteiger partial charge in [0.2, 0.25) is 0 Å². The number of methoxy groups -OCH3 is 1. The molecule has 0 amide bonds. The van der Waals surface area contributed by atoms with E-state index >= 15 is 0 Å². The summed E-state index contributed by atoms with van der Waals surface area (Å²) in [6.07, 6.45) is 4.03. The fraction of sp³-hybridized carbons (Fsp3) is 0.583. The molecular weight excluding hydrogens is 216 g/mol. The Balaban J connectivity index is 2.58. The minimum Gasteiger partial charge on any atom is -0.385 e. The smallest absolute Gasteiger partial charge is 0.182 e. The van der Waals surface area contributed by atoms with Crippen molar-refractivity contribution in [2.45, 2.75) is 20.3 Å². The lowest BCUT2D eigenvalue weighted by Crippen LogP contribution is -2.25. The molecule has 5 nitrogen and oxygen atoms in total. The average Bonchev–Trinajstić information content (AvgIpc) is 2.34. The van der Waals surface area contributed by atoms with E-state index in [0.29, 0.717) is 11.5 Å². The summed E-state index contributed by atoms with van der Waals surface area (Å²) < 4.78 is 5.07. The van der Waals surface area contributed by atoms with Crippen molar-refractivity contribution in [2.75, 3.05) is 25.6 Å². The van der Waals surface area contributed by atoms with Crippen molar-refractivity contribution in [3.63, 3.8) is 0 Å². The molecule has 0 saturated heterocycles. The molecule has 0 atom stereocenters. The largest absolute Gasteiger partial charge is 0.385 e. The zero-order valence-corrected chi connectivity index (χ0v) is 10.5. The summed E-state index contributed by atoms with van der Waals surface area (Å²) in [6.45, 7) is 5.73. The zero-order valence-electron chi connectivity index (χ0n) is 10.5. The van der Waals surface area contributed by atoms with Crippen LogP contribution in [0.1, 0.15) is 26.0 Å². The fourth-order valence-electron chi connectivity index (χ4n) is 1.34. The topological polar surface area (TPSA) is 70.8 Å². The van der Waals surface area contributed by atoms with Gasteiger partial charge in [-0.1, -0.05) is 13.8 Å². The normalized spacial score (nSPS) is 10.9. The van der Waals surface area contributed by atoms with Gasteiger partial charge in [0.1, 0.15) is 6.07 Å². The Bertz CT molecular complexity index is 398. The molecule has 0 bridgehead atoms. The lowest BCUT2D eigenvalue weighted by Gasteiger charge is -2.24. The van der Waals surface area contributed by atoms with Gasteiger partial charge < -0.3 is 10.1 Å². The van der Waals surface area contributed by atoms with Crippen LogP contribution in [0.2, 0.25) is 0 Å². The van der Waals surface area contributed by atoms with Gasteiger partial charge >= 0.3 is 0 Å². The Morgan fingerprint density at radius 1 is 1.41 bits per heavy atom. The number of nitrogens with one attached hydrogen (secondary N) is 1. The number of nitrogens with zero attached hydrogens (tertiary/aromatic N) is 3. The number of nitriles is 1. The molecule has 0 radical (unpaired) electrons. The fourth-order valence-corrected chi connectivity index (χ4v) is 1.34. The van der Waals surface area contributed by atoms with Crippen molar-refractivity contribution in [1.82, 2.24) is 9.97 Å². The van der Waals surface area contributed by atoms with Crippen LogP contribution in [0.3, 0.4) is 0 Å². The molecular formula is C12H18N4O. The first-order valence-corrected chi connectivity index (χ1v) is 5.53. The second-order valence-corrected chi connectivity index (χ2v) is 4.63. The second-order valence-electron chi connectivity index (χ2n) is 4.63. The molecule has 92 valence electrons. The van der Waals surface area contributed by atoms with Crippen LogP contribution >= 0.6 is 0 Å². The monoisotopic (exact) mass is 234 g/mol. The summed E-state index contributed by atoms with van der Waals surface area (Å²) in [5.41, 5.74) is 0.412. The number of aromatic nitrogens is 2. The molecule has 1 N–H and O–H groups in total. The van der Waals surface area contributed by atoms with Crippen LogP contribution in [0.4, 0.5) is 5.82 Å². The minimum atomic E-state index is 0.0836. The molecule has 0 unspecified atom stereocenters. The third kappa shape index (κ3) is 4.37. The van der Waals surface area contributed by atoms with E-state index in [1.54, 1.807) is 13.3 Å². The first-order chi connectivity index (χ1) is 8.09. The average molecular weight is 234 g/mol. The lowest BCUT2D eigenvalue weighted by atomic mass is 9.90. The molecule has 0 aliphatic carbocycles. The highest BCUT2D eigenvalue weighted by atomic mass is 16.5. The predicted octanol–water partition coefficient (Wildman–Crippen LogP) is 1.82. The number of anilines is 1. The van der Waals surface area contributed by atoms with E-state index in [0.717, 1.165) is 19.6 Å². The third-order valence-corrected chi connectivity index (χ3v) is 2.52. The van der Waals surface area contributed by atoms with Gasteiger partial charge in [-0.2, -0.15) is 5.26 Å². The highest BCUT2D eigenvalue weighted by Gasteiger charge is 2.18. The van der Waals surface area contributed by atoms with E-state index in [2.05, 4.69) is 29.1 Å². The van der Waals surface area contributed by atoms with E-state index in [1.807, 2.05) is 6.07 Å². The zero-order chi connectivity index (χ0) is 12.7. The Morgan fingerprint density at radius 2 is 2.12 bits per heavy atom. The molecule has 0 spiro atoms. The van der Waals surface area contributed by atoms with Crippen LogP contribution < -0.4 is 5.32 Å². The molecule has 1 aromatic rings. The molecule has 0 aromatic carbocycles. The van der Waals surface area contributed by atoms with Crippen LogP contribution in [-0.2, 0) is 4.74 Å². The SMILES string of the molecule is COCCC(C)(C)CNc1nccnc1C#N. The number of ether oxygens (including phenoxy) is 1. The van der Waals surface area contributed by atoms with Gasteiger partial charge in [-0.15, -0.1) is 0 Å². The van der Waals surface area contributed by atoms with E-state index in [-0.39, 0.29) is 5.41 Å². The van der Waals surface area contributed by atoms with Gasteiger partial charge in [0.05, 0.1) is 0 Å². The maximum Gasteiger partial charge on any atom is 0.182 e. The van der Waals surface area contributed by atoms with Crippen molar-refractivity contribution in [1.29, 1.82) is 5.26 Å². The number of rotatable bonds is 6. The maximum absolute atomic E-state index is 8.88. The van der Waals surface area contributed by atoms with E-state index in [9.17, 15) is 0 Å². The lowest BCUT2D eigenvalue weighted by molar-refractivity contribution is 0.157.